The van der Waals surface area contributed by atoms with Gasteiger partial charge >= 0.3 is 5.97 Å². The van der Waals surface area contributed by atoms with E-state index in [9.17, 15) is 4.79 Å². The standard InChI is InChI=1S/C14H20N2O3/c15-12-2-1-11(14(17)18)9-13(12)16-6-3-10-4-7-19-8-5-10/h1-2,9-10,16H,3-8,15H2,(H,17,18). The summed E-state index contributed by atoms with van der Waals surface area (Å²) in [5.74, 6) is -0.252. The maximum absolute atomic E-state index is 10.9. The van der Waals surface area contributed by atoms with Crippen LogP contribution < -0.4 is 11.1 Å². The number of nitrogens with two attached hydrogens (primary N) is 1. The van der Waals surface area contributed by atoms with Crippen molar-refractivity contribution < 1.29 is 14.6 Å². The molecule has 0 amide bonds. The van der Waals surface area contributed by atoms with Crippen molar-refractivity contribution in [3.8, 4) is 0 Å². The average molecular weight is 264 g/mol. The maximum atomic E-state index is 10.9. The average Bonchev–Trinajstić information content (AvgIpc) is 2.42. The van der Waals surface area contributed by atoms with Gasteiger partial charge in [-0.1, -0.05) is 0 Å². The summed E-state index contributed by atoms with van der Waals surface area (Å²) in [5, 5.41) is 12.2. The van der Waals surface area contributed by atoms with Crippen LogP contribution in [-0.2, 0) is 4.74 Å². The van der Waals surface area contributed by atoms with Gasteiger partial charge in [-0.15, -0.1) is 0 Å². The Bertz CT molecular complexity index is 442. The lowest BCUT2D eigenvalue weighted by Crippen LogP contribution is -2.18. The zero-order chi connectivity index (χ0) is 13.7. The summed E-state index contributed by atoms with van der Waals surface area (Å²) in [6.07, 6.45) is 3.26. The summed E-state index contributed by atoms with van der Waals surface area (Å²) in [6, 6.07) is 4.73. The topological polar surface area (TPSA) is 84.6 Å². The van der Waals surface area contributed by atoms with Crippen molar-refractivity contribution in [3.05, 3.63) is 23.8 Å². The molecule has 4 N–H and O–H groups in total. The van der Waals surface area contributed by atoms with Crippen molar-refractivity contribution in [1.82, 2.24) is 0 Å². The number of aromatic carboxylic acids is 1. The molecule has 1 heterocycles. The Labute approximate surface area is 112 Å². The SMILES string of the molecule is Nc1ccc(C(=O)O)cc1NCCC1CCOCC1. The van der Waals surface area contributed by atoms with Crippen LogP contribution in [0.25, 0.3) is 0 Å². The lowest BCUT2D eigenvalue weighted by Gasteiger charge is -2.22. The van der Waals surface area contributed by atoms with Gasteiger partial charge in [-0.25, -0.2) is 4.79 Å². The van der Waals surface area contributed by atoms with Gasteiger partial charge in [0.25, 0.3) is 0 Å². The molecule has 1 aliphatic heterocycles. The van der Waals surface area contributed by atoms with Crippen LogP contribution >= 0.6 is 0 Å². The molecule has 0 radical (unpaired) electrons. The molecule has 1 saturated heterocycles. The molecule has 0 bridgehead atoms. The molecule has 5 nitrogen and oxygen atoms in total. The van der Waals surface area contributed by atoms with Crippen molar-refractivity contribution in [3.63, 3.8) is 0 Å². The third kappa shape index (κ3) is 3.86. The minimum atomic E-state index is -0.938. The molecule has 2 rings (SSSR count). The second kappa shape index (κ2) is 6.43. The van der Waals surface area contributed by atoms with E-state index in [1.807, 2.05) is 0 Å². The fourth-order valence-electron chi connectivity index (χ4n) is 2.29. The first kappa shape index (κ1) is 13.7. The number of hydrogen-bond acceptors (Lipinski definition) is 4. The Kier molecular flexibility index (Phi) is 4.63. The van der Waals surface area contributed by atoms with Gasteiger partial charge < -0.3 is 20.9 Å². The number of rotatable bonds is 5. The fraction of sp³-hybridized carbons (Fsp3) is 0.500. The molecule has 1 fully saturated rings. The highest BCUT2D eigenvalue weighted by Gasteiger charge is 2.13. The van der Waals surface area contributed by atoms with E-state index < -0.39 is 5.97 Å². The summed E-state index contributed by atoms with van der Waals surface area (Å²) < 4.78 is 5.32. The van der Waals surface area contributed by atoms with Gasteiger partial charge in [-0.05, 0) is 43.4 Å². The predicted molar refractivity (Wildman–Crippen MR) is 74.5 cm³/mol. The molecule has 0 unspecified atom stereocenters. The van der Waals surface area contributed by atoms with Crippen molar-refractivity contribution in [2.75, 3.05) is 30.8 Å². The van der Waals surface area contributed by atoms with Crippen LogP contribution in [0, 0.1) is 5.92 Å². The maximum Gasteiger partial charge on any atom is 0.335 e. The molecule has 0 aromatic heterocycles. The van der Waals surface area contributed by atoms with Crippen LogP contribution in [0.15, 0.2) is 18.2 Å². The second-order valence-corrected chi connectivity index (χ2v) is 4.88. The number of ether oxygens (including phenoxy) is 1. The number of carboxylic acid groups (broad SMARTS) is 1. The molecule has 1 aromatic carbocycles. The Morgan fingerprint density at radius 2 is 2.16 bits per heavy atom. The normalized spacial score (nSPS) is 16.2. The zero-order valence-corrected chi connectivity index (χ0v) is 10.9. The van der Waals surface area contributed by atoms with Crippen LogP contribution in [0.4, 0.5) is 11.4 Å². The first-order valence-electron chi connectivity index (χ1n) is 6.61. The van der Waals surface area contributed by atoms with Crippen LogP contribution in [0.1, 0.15) is 29.6 Å². The Balaban J connectivity index is 1.87. The Morgan fingerprint density at radius 3 is 2.84 bits per heavy atom. The summed E-state index contributed by atoms with van der Waals surface area (Å²) in [6.45, 7) is 2.50. The minimum Gasteiger partial charge on any atom is -0.478 e. The zero-order valence-electron chi connectivity index (χ0n) is 10.9. The van der Waals surface area contributed by atoms with Crippen molar-refractivity contribution in [2.45, 2.75) is 19.3 Å². The van der Waals surface area contributed by atoms with E-state index in [1.165, 1.54) is 6.07 Å². The molecule has 1 aromatic rings. The van der Waals surface area contributed by atoms with Gasteiger partial charge in [-0.2, -0.15) is 0 Å². The minimum absolute atomic E-state index is 0.253. The number of benzene rings is 1. The first-order chi connectivity index (χ1) is 9.16. The summed E-state index contributed by atoms with van der Waals surface area (Å²) >= 11 is 0. The van der Waals surface area contributed by atoms with E-state index in [-0.39, 0.29) is 5.56 Å². The molecule has 0 saturated carbocycles. The van der Waals surface area contributed by atoms with Crippen molar-refractivity contribution in [1.29, 1.82) is 0 Å². The third-order valence-corrected chi connectivity index (χ3v) is 3.51. The van der Waals surface area contributed by atoms with Gasteiger partial charge in [0.05, 0.1) is 16.9 Å². The number of nitrogen functional groups attached to an aromatic ring is 1. The Hall–Kier alpha value is -1.75. The van der Waals surface area contributed by atoms with E-state index in [1.54, 1.807) is 12.1 Å². The van der Waals surface area contributed by atoms with E-state index in [2.05, 4.69) is 5.32 Å². The quantitative estimate of drug-likeness (QED) is 0.710. The second-order valence-electron chi connectivity index (χ2n) is 4.88. The molecular weight excluding hydrogens is 244 g/mol. The largest absolute Gasteiger partial charge is 0.478 e. The highest BCUT2D eigenvalue weighted by Crippen LogP contribution is 2.22. The number of carboxylic acids is 1. The molecule has 19 heavy (non-hydrogen) atoms. The molecule has 104 valence electrons. The van der Waals surface area contributed by atoms with Crippen LogP contribution in [0.2, 0.25) is 0 Å². The van der Waals surface area contributed by atoms with Crippen LogP contribution in [0.3, 0.4) is 0 Å². The van der Waals surface area contributed by atoms with E-state index in [4.69, 9.17) is 15.6 Å². The number of anilines is 2. The fourth-order valence-corrected chi connectivity index (χ4v) is 2.29. The molecule has 0 spiro atoms. The molecule has 1 aliphatic rings. The van der Waals surface area contributed by atoms with Gasteiger partial charge in [0.1, 0.15) is 0 Å². The third-order valence-electron chi connectivity index (χ3n) is 3.51. The lowest BCUT2D eigenvalue weighted by atomic mass is 9.96. The Morgan fingerprint density at radius 1 is 1.42 bits per heavy atom. The van der Waals surface area contributed by atoms with Gasteiger partial charge in [0.15, 0.2) is 0 Å². The van der Waals surface area contributed by atoms with Gasteiger partial charge in [0.2, 0.25) is 0 Å². The van der Waals surface area contributed by atoms with E-state index in [0.29, 0.717) is 17.3 Å². The number of hydrogen-bond donors (Lipinski definition) is 3. The highest BCUT2D eigenvalue weighted by molar-refractivity contribution is 5.90. The van der Waals surface area contributed by atoms with Crippen molar-refractivity contribution >= 4 is 17.3 Å². The van der Waals surface area contributed by atoms with E-state index >= 15 is 0 Å². The van der Waals surface area contributed by atoms with Gasteiger partial charge in [-0.3, -0.25) is 0 Å². The smallest absolute Gasteiger partial charge is 0.335 e. The van der Waals surface area contributed by atoms with E-state index in [0.717, 1.165) is 39.0 Å². The lowest BCUT2D eigenvalue weighted by molar-refractivity contribution is 0.0649. The molecule has 0 atom stereocenters. The summed E-state index contributed by atoms with van der Waals surface area (Å²) in [7, 11) is 0. The molecular formula is C14H20N2O3. The number of carbonyl (C=O) groups is 1. The highest BCUT2D eigenvalue weighted by atomic mass is 16.5. The molecule has 5 heteroatoms. The first-order valence-corrected chi connectivity index (χ1v) is 6.61. The summed E-state index contributed by atoms with van der Waals surface area (Å²) in [5.41, 5.74) is 7.37. The molecule has 0 aliphatic carbocycles. The van der Waals surface area contributed by atoms with Crippen LogP contribution in [-0.4, -0.2) is 30.8 Å². The van der Waals surface area contributed by atoms with Crippen molar-refractivity contribution in [2.24, 2.45) is 5.92 Å². The summed E-state index contributed by atoms with van der Waals surface area (Å²) in [4.78, 5) is 10.9. The monoisotopic (exact) mass is 264 g/mol. The van der Waals surface area contributed by atoms with Crippen LogP contribution in [0.5, 0.6) is 0 Å². The predicted octanol–water partition coefficient (Wildman–Crippen LogP) is 2.20. The number of nitrogens with one attached hydrogen (secondary N) is 1. The van der Waals surface area contributed by atoms with Gasteiger partial charge in [0, 0.05) is 19.8 Å².